The van der Waals surface area contributed by atoms with Crippen LogP contribution in [0.5, 0.6) is 0 Å². The molecule has 4 rings (SSSR count). The van der Waals surface area contributed by atoms with Crippen LogP contribution in [0.15, 0.2) is 75.8 Å². The third-order valence-electron chi connectivity index (χ3n) is 4.70. The second kappa shape index (κ2) is 8.24. The average Bonchev–Trinajstić information content (AvgIpc) is 3.36. The molecule has 0 radical (unpaired) electrons. The lowest BCUT2D eigenvalue weighted by Crippen LogP contribution is -2.37. The van der Waals surface area contributed by atoms with Gasteiger partial charge >= 0.3 is 0 Å². The van der Waals surface area contributed by atoms with E-state index in [-0.39, 0.29) is 24.8 Å². The topological polar surface area (TPSA) is 75.7 Å². The number of para-hydroxylation sites is 1. The van der Waals surface area contributed by atoms with Crippen LogP contribution in [0.3, 0.4) is 0 Å². The highest BCUT2D eigenvalue weighted by Gasteiger charge is 2.26. The van der Waals surface area contributed by atoms with Crippen LogP contribution in [0.25, 0.3) is 11.0 Å². The molecule has 1 N–H and O–H groups in total. The van der Waals surface area contributed by atoms with E-state index in [1.807, 2.05) is 6.07 Å². The first-order valence-corrected chi connectivity index (χ1v) is 9.36. The van der Waals surface area contributed by atoms with Gasteiger partial charge in [0, 0.05) is 16.6 Å². The van der Waals surface area contributed by atoms with Crippen LogP contribution >= 0.6 is 0 Å². The van der Waals surface area contributed by atoms with Gasteiger partial charge in [-0.15, -0.1) is 0 Å². The van der Waals surface area contributed by atoms with Gasteiger partial charge in [-0.1, -0.05) is 18.2 Å². The Kier molecular flexibility index (Phi) is 5.34. The molecule has 0 fully saturated rings. The van der Waals surface area contributed by atoms with Gasteiger partial charge in [-0.25, -0.2) is 4.39 Å². The third-order valence-corrected chi connectivity index (χ3v) is 4.70. The van der Waals surface area contributed by atoms with Crippen LogP contribution in [0.2, 0.25) is 0 Å². The molecule has 0 atom stereocenters. The fourth-order valence-corrected chi connectivity index (χ4v) is 3.23. The summed E-state index contributed by atoms with van der Waals surface area (Å²) in [5, 5.41) is 3.28. The number of benzene rings is 2. The fourth-order valence-electron chi connectivity index (χ4n) is 3.23. The number of rotatable bonds is 6. The van der Waals surface area contributed by atoms with Crippen molar-refractivity contribution < 1.29 is 22.8 Å². The van der Waals surface area contributed by atoms with Crippen molar-refractivity contribution in [1.29, 1.82) is 0 Å². The zero-order valence-electron chi connectivity index (χ0n) is 16.2. The molecule has 0 spiro atoms. The van der Waals surface area contributed by atoms with E-state index in [1.165, 1.54) is 29.4 Å². The molecular weight excluding hydrogens is 387 g/mol. The molecule has 0 bridgehead atoms. The summed E-state index contributed by atoms with van der Waals surface area (Å²) in [5.74, 6) is -0.671. The van der Waals surface area contributed by atoms with E-state index >= 15 is 0 Å². The number of anilines is 1. The summed E-state index contributed by atoms with van der Waals surface area (Å²) in [5.41, 5.74) is 1.55. The molecular formula is C23H19FN2O4. The Bertz CT molecular complexity index is 1180. The lowest BCUT2D eigenvalue weighted by molar-refractivity contribution is -0.117. The SMILES string of the molecule is Cc1c(C(=O)N(CC(=O)Nc2ccccc2)Cc2ccco2)oc2ccc(F)cc12. The maximum Gasteiger partial charge on any atom is 0.290 e. The van der Waals surface area contributed by atoms with Crippen LogP contribution in [0.1, 0.15) is 21.9 Å². The van der Waals surface area contributed by atoms with Crippen LogP contribution < -0.4 is 5.32 Å². The van der Waals surface area contributed by atoms with Gasteiger partial charge in [0.15, 0.2) is 5.76 Å². The Morgan fingerprint density at radius 2 is 1.87 bits per heavy atom. The van der Waals surface area contributed by atoms with Crippen LogP contribution in [-0.4, -0.2) is 23.3 Å². The second-order valence-corrected chi connectivity index (χ2v) is 6.85. The molecule has 0 aliphatic heterocycles. The fraction of sp³-hybridized carbons (Fsp3) is 0.130. The summed E-state index contributed by atoms with van der Waals surface area (Å²) in [6.07, 6.45) is 1.50. The summed E-state index contributed by atoms with van der Waals surface area (Å²) >= 11 is 0. The number of nitrogens with one attached hydrogen (secondary N) is 1. The third kappa shape index (κ3) is 4.10. The number of hydrogen-bond donors (Lipinski definition) is 1. The minimum atomic E-state index is -0.483. The molecule has 0 saturated carbocycles. The minimum absolute atomic E-state index is 0.0645. The maximum atomic E-state index is 13.6. The number of nitrogens with zero attached hydrogens (tertiary/aromatic N) is 1. The lowest BCUT2D eigenvalue weighted by Gasteiger charge is -2.20. The maximum absolute atomic E-state index is 13.6. The van der Waals surface area contributed by atoms with Gasteiger partial charge < -0.3 is 19.1 Å². The van der Waals surface area contributed by atoms with Crippen LogP contribution in [0, 0.1) is 12.7 Å². The van der Waals surface area contributed by atoms with Crippen molar-refractivity contribution in [1.82, 2.24) is 4.90 Å². The van der Waals surface area contributed by atoms with Crippen molar-refractivity contribution in [3.05, 3.63) is 89.8 Å². The Hall–Kier alpha value is -3.87. The van der Waals surface area contributed by atoms with E-state index in [0.29, 0.717) is 28.0 Å². The first-order valence-electron chi connectivity index (χ1n) is 9.36. The molecule has 2 aromatic heterocycles. The van der Waals surface area contributed by atoms with Crippen molar-refractivity contribution in [3.8, 4) is 0 Å². The number of aryl methyl sites for hydroxylation is 1. The molecule has 0 aliphatic carbocycles. The van der Waals surface area contributed by atoms with Gasteiger partial charge in [0.05, 0.1) is 12.8 Å². The van der Waals surface area contributed by atoms with Gasteiger partial charge in [-0.05, 0) is 49.4 Å². The number of amides is 2. The Balaban J connectivity index is 1.61. The summed E-state index contributed by atoms with van der Waals surface area (Å²) in [6.45, 7) is 1.56. The Morgan fingerprint density at radius 3 is 2.60 bits per heavy atom. The van der Waals surface area contributed by atoms with E-state index in [9.17, 15) is 14.0 Å². The number of carbonyl (C=O) groups is 2. The molecule has 30 heavy (non-hydrogen) atoms. The molecule has 6 nitrogen and oxygen atoms in total. The van der Waals surface area contributed by atoms with Gasteiger partial charge in [0.1, 0.15) is 23.7 Å². The van der Waals surface area contributed by atoms with Crippen molar-refractivity contribution in [2.75, 3.05) is 11.9 Å². The van der Waals surface area contributed by atoms with Gasteiger partial charge in [-0.2, -0.15) is 0 Å². The Labute approximate surface area is 171 Å². The number of hydrogen-bond acceptors (Lipinski definition) is 4. The molecule has 0 saturated heterocycles. The second-order valence-electron chi connectivity index (χ2n) is 6.85. The highest BCUT2D eigenvalue weighted by atomic mass is 19.1. The molecule has 7 heteroatoms. The van der Waals surface area contributed by atoms with E-state index < -0.39 is 11.7 Å². The molecule has 4 aromatic rings. The quantitative estimate of drug-likeness (QED) is 0.501. The normalized spacial score (nSPS) is 10.9. The van der Waals surface area contributed by atoms with Gasteiger partial charge in [0.2, 0.25) is 5.91 Å². The smallest absolute Gasteiger partial charge is 0.290 e. The number of carbonyl (C=O) groups excluding carboxylic acids is 2. The van der Waals surface area contributed by atoms with Crippen molar-refractivity contribution in [3.63, 3.8) is 0 Å². The molecule has 2 amide bonds. The molecule has 152 valence electrons. The summed E-state index contributed by atoms with van der Waals surface area (Å²) in [6, 6.07) is 16.5. The standard InChI is InChI=1S/C23H19FN2O4/c1-15-19-12-16(24)9-10-20(19)30-22(15)23(28)26(13-18-8-5-11-29-18)14-21(27)25-17-6-3-2-4-7-17/h2-12H,13-14H2,1H3,(H,25,27). The molecule has 0 aliphatic rings. The first kappa shape index (κ1) is 19.4. The predicted molar refractivity (Wildman–Crippen MR) is 109 cm³/mol. The average molecular weight is 406 g/mol. The summed E-state index contributed by atoms with van der Waals surface area (Å²) in [7, 11) is 0. The summed E-state index contributed by atoms with van der Waals surface area (Å²) < 4.78 is 24.7. The molecule has 2 aromatic carbocycles. The minimum Gasteiger partial charge on any atom is -0.467 e. The largest absolute Gasteiger partial charge is 0.467 e. The predicted octanol–water partition coefficient (Wildman–Crippen LogP) is 4.75. The van der Waals surface area contributed by atoms with Crippen LogP contribution in [-0.2, 0) is 11.3 Å². The van der Waals surface area contributed by atoms with Crippen molar-refractivity contribution in [2.24, 2.45) is 0 Å². The van der Waals surface area contributed by atoms with Crippen LogP contribution in [0.4, 0.5) is 10.1 Å². The highest BCUT2D eigenvalue weighted by Crippen LogP contribution is 2.27. The number of fused-ring (bicyclic) bond motifs is 1. The van der Waals surface area contributed by atoms with E-state index in [2.05, 4.69) is 5.32 Å². The Morgan fingerprint density at radius 1 is 1.07 bits per heavy atom. The van der Waals surface area contributed by atoms with Crippen molar-refractivity contribution in [2.45, 2.75) is 13.5 Å². The number of furan rings is 2. The summed E-state index contributed by atoms with van der Waals surface area (Å²) in [4.78, 5) is 27.2. The highest BCUT2D eigenvalue weighted by molar-refractivity contribution is 6.01. The van der Waals surface area contributed by atoms with E-state index in [4.69, 9.17) is 8.83 Å². The van der Waals surface area contributed by atoms with Gasteiger partial charge in [0.25, 0.3) is 5.91 Å². The zero-order chi connectivity index (χ0) is 21.1. The zero-order valence-corrected chi connectivity index (χ0v) is 16.2. The molecule has 0 unspecified atom stereocenters. The number of halogens is 1. The lowest BCUT2D eigenvalue weighted by atomic mass is 10.1. The van der Waals surface area contributed by atoms with Crippen molar-refractivity contribution >= 4 is 28.5 Å². The van der Waals surface area contributed by atoms with E-state index in [1.54, 1.807) is 43.3 Å². The van der Waals surface area contributed by atoms with Gasteiger partial charge in [-0.3, -0.25) is 9.59 Å². The first-order chi connectivity index (χ1) is 14.5. The monoisotopic (exact) mass is 406 g/mol. The van der Waals surface area contributed by atoms with E-state index in [0.717, 1.165) is 0 Å². The molecule has 2 heterocycles.